The highest BCUT2D eigenvalue weighted by atomic mass is 32.2. The second kappa shape index (κ2) is 9.41. The summed E-state index contributed by atoms with van der Waals surface area (Å²) < 4.78 is 32.8. The fourth-order valence-electron chi connectivity index (χ4n) is 3.34. The lowest BCUT2D eigenvalue weighted by Gasteiger charge is -2.15. The predicted molar refractivity (Wildman–Crippen MR) is 119 cm³/mol. The van der Waals surface area contributed by atoms with Crippen LogP contribution in [-0.2, 0) is 24.3 Å². The molecule has 0 aromatic heterocycles. The van der Waals surface area contributed by atoms with E-state index in [1.165, 1.54) is 36.3 Å². The van der Waals surface area contributed by atoms with Gasteiger partial charge in [-0.25, -0.2) is 13.2 Å². The summed E-state index contributed by atoms with van der Waals surface area (Å²) in [5, 5.41) is 12.0. The van der Waals surface area contributed by atoms with E-state index in [-0.39, 0.29) is 35.9 Å². The number of esters is 1. The average Bonchev–Trinajstić information content (AvgIpc) is 3.06. The molecular weight excluding hydrogens is 434 g/mol. The highest BCUT2D eigenvalue weighted by Crippen LogP contribution is 2.25. The van der Waals surface area contributed by atoms with Crippen LogP contribution in [0.1, 0.15) is 11.1 Å². The Morgan fingerprint density at radius 2 is 1.84 bits per heavy atom. The molecule has 1 aliphatic rings. The van der Waals surface area contributed by atoms with Crippen molar-refractivity contribution in [2.75, 3.05) is 36.8 Å². The van der Waals surface area contributed by atoms with Crippen LogP contribution >= 0.6 is 0 Å². The van der Waals surface area contributed by atoms with Gasteiger partial charge in [0.25, 0.3) is 15.9 Å². The molecule has 1 amide bonds. The van der Waals surface area contributed by atoms with Crippen molar-refractivity contribution >= 4 is 33.3 Å². The van der Waals surface area contributed by atoms with Crippen LogP contribution in [0.4, 0.5) is 11.4 Å². The fraction of sp³-hybridized carbons (Fsp3) is 0.273. The summed E-state index contributed by atoms with van der Waals surface area (Å²) in [5.41, 5.74) is 2.92. The zero-order valence-corrected chi connectivity index (χ0v) is 18.8. The molecule has 0 aliphatic carbocycles. The van der Waals surface area contributed by atoms with Crippen molar-refractivity contribution in [1.82, 2.24) is 4.90 Å². The number of benzene rings is 2. The number of nitrogens with one attached hydrogen (secondary N) is 2. The van der Waals surface area contributed by atoms with Gasteiger partial charge in [0.05, 0.1) is 36.4 Å². The predicted octanol–water partition coefficient (Wildman–Crippen LogP) is 1.78. The molecule has 0 bridgehead atoms. The van der Waals surface area contributed by atoms with Crippen LogP contribution in [0.25, 0.3) is 0 Å². The standard InChI is InChI=1S/C22H25N3O6S/c1-14-4-9-19(15(2)12-14)24-32(29,30)17-7-5-16(6-8-17)23-20-18(22(28)31-3)13-25(10-11-26)21(20)27/h4-9,12,23-24,26H,10-11,13H2,1-3H3. The van der Waals surface area contributed by atoms with Crippen LogP contribution in [0.15, 0.2) is 58.6 Å². The molecule has 170 valence electrons. The number of methoxy groups -OCH3 is 1. The van der Waals surface area contributed by atoms with E-state index in [1.807, 2.05) is 26.0 Å². The summed E-state index contributed by atoms with van der Waals surface area (Å²) in [6, 6.07) is 11.2. The first-order chi connectivity index (χ1) is 15.2. The van der Waals surface area contributed by atoms with E-state index in [1.54, 1.807) is 6.07 Å². The Hall–Kier alpha value is -3.37. The SMILES string of the molecule is COC(=O)C1=C(Nc2ccc(S(=O)(=O)Nc3ccc(C)cc3C)cc2)C(=O)N(CCO)C1. The van der Waals surface area contributed by atoms with E-state index in [2.05, 4.69) is 10.0 Å². The van der Waals surface area contributed by atoms with Crippen LogP contribution in [0.2, 0.25) is 0 Å². The molecule has 3 rings (SSSR count). The van der Waals surface area contributed by atoms with Crippen LogP contribution in [0.3, 0.4) is 0 Å². The molecule has 2 aromatic carbocycles. The molecule has 0 atom stereocenters. The van der Waals surface area contributed by atoms with E-state index < -0.39 is 21.9 Å². The minimum Gasteiger partial charge on any atom is -0.466 e. The van der Waals surface area contributed by atoms with Crippen molar-refractivity contribution in [2.45, 2.75) is 18.7 Å². The zero-order valence-electron chi connectivity index (χ0n) is 18.0. The number of rotatable bonds is 8. The number of carbonyl (C=O) groups is 2. The number of carbonyl (C=O) groups excluding carboxylic acids is 2. The van der Waals surface area contributed by atoms with Crippen LogP contribution in [0, 0.1) is 13.8 Å². The van der Waals surface area contributed by atoms with E-state index in [0.29, 0.717) is 11.4 Å². The number of ether oxygens (including phenoxy) is 1. The average molecular weight is 460 g/mol. The lowest BCUT2D eigenvalue weighted by molar-refractivity contribution is -0.136. The molecule has 0 saturated carbocycles. The number of aliphatic hydroxyl groups is 1. The highest BCUT2D eigenvalue weighted by molar-refractivity contribution is 7.92. The van der Waals surface area contributed by atoms with Crippen molar-refractivity contribution in [1.29, 1.82) is 0 Å². The first-order valence-corrected chi connectivity index (χ1v) is 11.3. The molecule has 9 nitrogen and oxygen atoms in total. The third kappa shape index (κ3) is 4.92. The largest absolute Gasteiger partial charge is 0.466 e. The quantitative estimate of drug-likeness (QED) is 0.514. The molecular formula is C22H25N3O6S. The van der Waals surface area contributed by atoms with Crippen molar-refractivity contribution < 1.29 is 27.9 Å². The number of aryl methyl sites for hydroxylation is 2. The highest BCUT2D eigenvalue weighted by Gasteiger charge is 2.34. The molecule has 32 heavy (non-hydrogen) atoms. The van der Waals surface area contributed by atoms with E-state index >= 15 is 0 Å². The number of hydrogen-bond donors (Lipinski definition) is 3. The second-order valence-electron chi connectivity index (χ2n) is 7.37. The second-order valence-corrected chi connectivity index (χ2v) is 9.05. The smallest absolute Gasteiger partial charge is 0.337 e. The van der Waals surface area contributed by atoms with E-state index in [0.717, 1.165) is 11.1 Å². The number of sulfonamides is 1. The van der Waals surface area contributed by atoms with Gasteiger partial charge >= 0.3 is 5.97 Å². The number of anilines is 2. The summed E-state index contributed by atoms with van der Waals surface area (Å²) in [5.74, 6) is -1.11. The third-order valence-corrected chi connectivity index (χ3v) is 6.40. The minimum atomic E-state index is -3.81. The summed E-state index contributed by atoms with van der Waals surface area (Å²) in [6.45, 7) is 3.60. The van der Waals surface area contributed by atoms with Crippen molar-refractivity contribution in [3.05, 3.63) is 64.9 Å². The van der Waals surface area contributed by atoms with Gasteiger partial charge in [-0.2, -0.15) is 0 Å². The van der Waals surface area contributed by atoms with Gasteiger partial charge in [0.1, 0.15) is 5.70 Å². The molecule has 0 saturated heterocycles. The summed E-state index contributed by atoms with van der Waals surface area (Å²) in [7, 11) is -2.60. The minimum absolute atomic E-state index is 0.0146. The Morgan fingerprint density at radius 1 is 1.16 bits per heavy atom. The molecule has 2 aromatic rings. The van der Waals surface area contributed by atoms with Crippen molar-refractivity contribution in [3.8, 4) is 0 Å². The normalized spacial score (nSPS) is 14.0. The van der Waals surface area contributed by atoms with Crippen LogP contribution in [-0.4, -0.2) is 57.1 Å². The lowest BCUT2D eigenvalue weighted by Crippen LogP contribution is -2.31. The van der Waals surface area contributed by atoms with Gasteiger partial charge in [-0.15, -0.1) is 0 Å². The maximum absolute atomic E-state index is 12.8. The lowest BCUT2D eigenvalue weighted by atomic mass is 10.1. The fourth-order valence-corrected chi connectivity index (χ4v) is 4.47. The Labute approximate surface area is 186 Å². The van der Waals surface area contributed by atoms with E-state index in [9.17, 15) is 18.0 Å². The molecule has 10 heteroatoms. The Balaban J connectivity index is 1.81. The first-order valence-electron chi connectivity index (χ1n) is 9.85. The van der Waals surface area contributed by atoms with Gasteiger partial charge in [0, 0.05) is 12.2 Å². The van der Waals surface area contributed by atoms with Gasteiger partial charge in [-0.1, -0.05) is 17.7 Å². The van der Waals surface area contributed by atoms with Gasteiger partial charge < -0.3 is 20.1 Å². The van der Waals surface area contributed by atoms with Crippen molar-refractivity contribution in [2.24, 2.45) is 0 Å². The summed E-state index contributed by atoms with van der Waals surface area (Å²) in [4.78, 5) is 26.0. The summed E-state index contributed by atoms with van der Waals surface area (Å²) in [6.07, 6.45) is 0. The maximum Gasteiger partial charge on any atom is 0.337 e. The number of β-amino-alcohol motifs (C(OH)–C–C–N with tert-alkyl or cyclic N) is 1. The Kier molecular flexibility index (Phi) is 6.85. The van der Waals surface area contributed by atoms with Gasteiger partial charge in [-0.05, 0) is 49.7 Å². The van der Waals surface area contributed by atoms with Crippen LogP contribution in [0.5, 0.6) is 0 Å². The monoisotopic (exact) mass is 459 g/mol. The molecule has 0 radical (unpaired) electrons. The van der Waals surface area contributed by atoms with Gasteiger partial charge in [0.15, 0.2) is 0 Å². The maximum atomic E-state index is 12.8. The molecule has 0 fully saturated rings. The molecule has 1 aliphatic heterocycles. The number of hydrogen-bond acceptors (Lipinski definition) is 7. The number of amides is 1. The molecule has 3 N–H and O–H groups in total. The number of nitrogens with zero attached hydrogens (tertiary/aromatic N) is 1. The molecule has 0 unspecified atom stereocenters. The van der Waals surface area contributed by atoms with E-state index in [4.69, 9.17) is 9.84 Å². The third-order valence-electron chi connectivity index (χ3n) is 5.01. The van der Waals surface area contributed by atoms with Crippen LogP contribution < -0.4 is 10.0 Å². The van der Waals surface area contributed by atoms with Crippen molar-refractivity contribution in [3.63, 3.8) is 0 Å². The summed E-state index contributed by atoms with van der Waals surface area (Å²) >= 11 is 0. The zero-order chi connectivity index (χ0) is 23.5. The Bertz CT molecular complexity index is 1170. The topological polar surface area (TPSA) is 125 Å². The Morgan fingerprint density at radius 3 is 2.44 bits per heavy atom. The number of aliphatic hydroxyl groups excluding tert-OH is 1. The van der Waals surface area contributed by atoms with Gasteiger partial charge in [-0.3, -0.25) is 9.52 Å². The molecule has 1 heterocycles. The molecule has 0 spiro atoms. The first kappa shape index (κ1) is 23.3. The van der Waals surface area contributed by atoms with Gasteiger partial charge in [0.2, 0.25) is 0 Å².